The molecule has 1 fully saturated rings. The summed E-state index contributed by atoms with van der Waals surface area (Å²) in [6.45, 7) is 2.10. The number of carbonyl (C=O) groups is 3. The van der Waals surface area contributed by atoms with Crippen LogP contribution in [0.4, 0.5) is 4.79 Å². The minimum absolute atomic E-state index is 0.0163. The minimum atomic E-state index is -0.807. The van der Waals surface area contributed by atoms with Crippen LogP contribution < -0.4 is 10.6 Å². The standard InChI is InChI=1S/C26H30N2O5/c1-16(24(29)28-18-8-6-7-17(13-18)25(30)31)14-27-26(32)33-15-23-21-11-4-2-9-19(21)20-10-3-5-12-22(20)23/h2-5,9-12,16-18,23H,6-8,13-15H2,1H3,(H,27,32)(H,28,29)(H,30,31)/t16?,17-,18-/m1/s1. The van der Waals surface area contributed by atoms with Crippen molar-refractivity contribution in [3.63, 3.8) is 0 Å². The molecule has 2 aliphatic rings. The van der Waals surface area contributed by atoms with E-state index in [0.29, 0.717) is 12.8 Å². The molecular weight excluding hydrogens is 420 g/mol. The lowest BCUT2D eigenvalue weighted by Crippen LogP contribution is -2.44. The molecule has 7 nitrogen and oxygen atoms in total. The molecule has 1 unspecified atom stereocenters. The summed E-state index contributed by atoms with van der Waals surface area (Å²) >= 11 is 0. The van der Waals surface area contributed by atoms with Crippen LogP contribution in [0.25, 0.3) is 11.1 Å². The molecule has 0 radical (unpaired) electrons. The predicted molar refractivity (Wildman–Crippen MR) is 124 cm³/mol. The molecule has 3 N–H and O–H groups in total. The van der Waals surface area contributed by atoms with Gasteiger partial charge in [-0.3, -0.25) is 9.59 Å². The van der Waals surface area contributed by atoms with Gasteiger partial charge in [0.1, 0.15) is 6.61 Å². The molecule has 0 aliphatic heterocycles. The van der Waals surface area contributed by atoms with E-state index in [1.165, 1.54) is 11.1 Å². The number of carboxylic acids is 1. The highest BCUT2D eigenvalue weighted by Gasteiger charge is 2.30. The van der Waals surface area contributed by atoms with Crippen molar-refractivity contribution in [2.24, 2.45) is 11.8 Å². The van der Waals surface area contributed by atoms with E-state index in [9.17, 15) is 19.5 Å². The Morgan fingerprint density at radius 3 is 2.30 bits per heavy atom. The third-order valence-electron chi connectivity index (χ3n) is 6.71. The predicted octanol–water partition coefficient (Wildman–Crippen LogP) is 3.92. The lowest BCUT2D eigenvalue weighted by molar-refractivity contribution is -0.143. The van der Waals surface area contributed by atoms with Crippen molar-refractivity contribution in [1.29, 1.82) is 0 Å². The van der Waals surface area contributed by atoms with E-state index in [2.05, 4.69) is 34.9 Å². The second-order valence-electron chi connectivity index (χ2n) is 9.01. The Morgan fingerprint density at radius 2 is 1.67 bits per heavy atom. The maximum absolute atomic E-state index is 12.5. The normalized spacial score (nSPS) is 20.3. The molecule has 1 saturated carbocycles. The largest absolute Gasteiger partial charge is 0.481 e. The van der Waals surface area contributed by atoms with Crippen molar-refractivity contribution in [3.8, 4) is 11.1 Å². The third kappa shape index (κ3) is 5.18. The van der Waals surface area contributed by atoms with Crippen LogP contribution >= 0.6 is 0 Å². The van der Waals surface area contributed by atoms with E-state index in [-0.39, 0.29) is 31.0 Å². The van der Waals surface area contributed by atoms with Crippen molar-refractivity contribution in [2.75, 3.05) is 13.2 Å². The van der Waals surface area contributed by atoms with Gasteiger partial charge in [-0.25, -0.2) is 4.79 Å². The maximum Gasteiger partial charge on any atom is 0.407 e. The first-order chi connectivity index (χ1) is 15.9. The molecule has 0 saturated heterocycles. The minimum Gasteiger partial charge on any atom is -0.481 e. The van der Waals surface area contributed by atoms with Crippen LogP contribution in [0.1, 0.15) is 49.7 Å². The summed E-state index contributed by atoms with van der Waals surface area (Å²) in [7, 11) is 0. The summed E-state index contributed by atoms with van der Waals surface area (Å²) in [5, 5.41) is 14.8. The van der Waals surface area contributed by atoms with Crippen molar-refractivity contribution in [1.82, 2.24) is 10.6 Å². The van der Waals surface area contributed by atoms with Crippen LogP contribution in [0.5, 0.6) is 0 Å². The van der Waals surface area contributed by atoms with Gasteiger partial charge < -0.3 is 20.5 Å². The van der Waals surface area contributed by atoms with Gasteiger partial charge in [0.25, 0.3) is 0 Å². The summed E-state index contributed by atoms with van der Waals surface area (Å²) in [4.78, 5) is 36.0. The maximum atomic E-state index is 12.5. The van der Waals surface area contributed by atoms with Crippen molar-refractivity contribution in [3.05, 3.63) is 59.7 Å². The van der Waals surface area contributed by atoms with E-state index < -0.39 is 23.9 Å². The summed E-state index contributed by atoms with van der Waals surface area (Å²) in [6.07, 6.45) is 2.12. The number of carbonyl (C=O) groups excluding carboxylic acids is 2. The van der Waals surface area contributed by atoms with Gasteiger partial charge in [0.05, 0.1) is 11.8 Å². The number of amides is 2. The molecule has 0 heterocycles. The SMILES string of the molecule is CC(CNC(=O)OCC1c2ccccc2-c2ccccc21)C(=O)N[C@@H]1CCC[C@@H](C(=O)O)C1. The molecule has 0 aromatic heterocycles. The van der Waals surface area contributed by atoms with Gasteiger partial charge in [-0.15, -0.1) is 0 Å². The summed E-state index contributed by atoms with van der Waals surface area (Å²) in [5.74, 6) is -1.87. The van der Waals surface area contributed by atoms with Gasteiger partial charge in [-0.05, 0) is 41.5 Å². The van der Waals surface area contributed by atoms with E-state index in [4.69, 9.17) is 4.74 Å². The Morgan fingerprint density at radius 1 is 1.03 bits per heavy atom. The Labute approximate surface area is 193 Å². The summed E-state index contributed by atoms with van der Waals surface area (Å²) in [5.41, 5.74) is 4.62. The average molecular weight is 451 g/mol. The summed E-state index contributed by atoms with van der Waals surface area (Å²) in [6, 6.07) is 16.1. The van der Waals surface area contributed by atoms with Crippen LogP contribution in [0, 0.1) is 11.8 Å². The van der Waals surface area contributed by atoms with Gasteiger partial charge >= 0.3 is 12.1 Å². The van der Waals surface area contributed by atoms with Crippen molar-refractivity contribution >= 4 is 18.0 Å². The van der Waals surface area contributed by atoms with Gasteiger partial charge in [-0.1, -0.05) is 61.9 Å². The van der Waals surface area contributed by atoms with Gasteiger partial charge in [0, 0.05) is 18.5 Å². The number of hydrogen-bond donors (Lipinski definition) is 3. The second-order valence-corrected chi connectivity index (χ2v) is 9.01. The fraction of sp³-hybridized carbons (Fsp3) is 0.423. The fourth-order valence-electron chi connectivity index (χ4n) is 4.87. The number of alkyl carbamates (subject to hydrolysis) is 1. The Hall–Kier alpha value is -3.35. The van der Waals surface area contributed by atoms with Gasteiger partial charge in [0.15, 0.2) is 0 Å². The number of hydrogen-bond acceptors (Lipinski definition) is 4. The highest BCUT2D eigenvalue weighted by atomic mass is 16.5. The first-order valence-electron chi connectivity index (χ1n) is 11.6. The van der Waals surface area contributed by atoms with Crippen LogP contribution in [-0.2, 0) is 14.3 Å². The molecule has 0 bridgehead atoms. The third-order valence-corrected chi connectivity index (χ3v) is 6.71. The number of nitrogens with one attached hydrogen (secondary N) is 2. The van der Waals surface area contributed by atoms with E-state index in [0.717, 1.165) is 24.0 Å². The Balaban J connectivity index is 1.25. The molecule has 174 valence electrons. The number of benzene rings is 2. The molecule has 0 spiro atoms. The van der Waals surface area contributed by atoms with Crippen LogP contribution in [-0.4, -0.2) is 42.3 Å². The monoisotopic (exact) mass is 450 g/mol. The van der Waals surface area contributed by atoms with Crippen molar-refractivity contribution < 1.29 is 24.2 Å². The molecule has 2 aromatic carbocycles. The van der Waals surface area contributed by atoms with Gasteiger partial charge in [0.2, 0.25) is 5.91 Å². The molecular formula is C26H30N2O5. The zero-order valence-corrected chi connectivity index (χ0v) is 18.8. The Bertz CT molecular complexity index is 991. The zero-order valence-electron chi connectivity index (χ0n) is 18.8. The van der Waals surface area contributed by atoms with E-state index >= 15 is 0 Å². The number of aliphatic carboxylic acids is 1. The fourth-order valence-corrected chi connectivity index (χ4v) is 4.87. The lowest BCUT2D eigenvalue weighted by atomic mass is 9.85. The highest BCUT2D eigenvalue weighted by molar-refractivity contribution is 5.80. The number of ether oxygens (including phenoxy) is 1. The number of fused-ring (bicyclic) bond motifs is 3. The average Bonchev–Trinajstić information content (AvgIpc) is 3.15. The van der Waals surface area contributed by atoms with E-state index in [1.807, 2.05) is 24.3 Å². The van der Waals surface area contributed by atoms with Crippen molar-refractivity contribution in [2.45, 2.75) is 44.6 Å². The quantitative estimate of drug-likeness (QED) is 0.593. The molecule has 2 aromatic rings. The molecule has 3 atom stereocenters. The van der Waals surface area contributed by atoms with Crippen LogP contribution in [0.15, 0.2) is 48.5 Å². The molecule has 33 heavy (non-hydrogen) atoms. The highest BCUT2D eigenvalue weighted by Crippen LogP contribution is 2.44. The molecule has 2 amide bonds. The Kier molecular flexibility index (Phi) is 6.96. The molecule has 4 rings (SSSR count). The second kappa shape index (κ2) is 10.1. The number of carboxylic acid groups (broad SMARTS) is 1. The zero-order chi connectivity index (χ0) is 23.4. The molecule has 7 heteroatoms. The van der Waals surface area contributed by atoms with Crippen LogP contribution in [0.3, 0.4) is 0 Å². The first-order valence-corrected chi connectivity index (χ1v) is 11.6. The first kappa shape index (κ1) is 22.8. The van der Waals surface area contributed by atoms with Gasteiger partial charge in [-0.2, -0.15) is 0 Å². The number of rotatable bonds is 7. The van der Waals surface area contributed by atoms with E-state index in [1.54, 1.807) is 6.92 Å². The topological polar surface area (TPSA) is 105 Å². The lowest BCUT2D eigenvalue weighted by Gasteiger charge is -2.28. The molecule has 2 aliphatic carbocycles. The summed E-state index contributed by atoms with van der Waals surface area (Å²) < 4.78 is 5.51. The van der Waals surface area contributed by atoms with Crippen LogP contribution in [0.2, 0.25) is 0 Å². The smallest absolute Gasteiger partial charge is 0.407 e.